The van der Waals surface area contributed by atoms with Gasteiger partial charge in [0.15, 0.2) is 0 Å². The second-order valence-electron chi connectivity index (χ2n) is 4.35. The van der Waals surface area contributed by atoms with Gasteiger partial charge < -0.3 is 5.32 Å². The van der Waals surface area contributed by atoms with E-state index in [1.807, 2.05) is 11.4 Å². The molecule has 1 aromatic rings. The van der Waals surface area contributed by atoms with Crippen molar-refractivity contribution in [3.05, 3.63) is 15.8 Å². The maximum Gasteiger partial charge on any atom is 0.116 e. The Morgan fingerprint density at radius 3 is 2.62 bits per heavy atom. The largest absolute Gasteiger partial charge is 0.383 e. The number of thiophene rings is 1. The number of anilines is 1. The molecule has 1 N–H and O–H groups in total. The molecule has 0 aliphatic heterocycles. The Bertz CT molecular complexity index is 262. The summed E-state index contributed by atoms with van der Waals surface area (Å²) in [5, 5.41) is 5.33. The summed E-state index contributed by atoms with van der Waals surface area (Å²) in [7, 11) is 0. The highest BCUT2D eigenvalue weighted by molar-refractivity contribution is 7.15. The number of hydrogen-bond acceptors (Lipinski definition) is 2. The summed E-state index contributed by atoms with van der Waals surface area (Å²) in [5.74, 6) is 0. The first-order chi connectivity index (χ1) is 5.99. The van der Waals surface area contributed by atoms with E-state index in [0.29, 0.717) is 5.41 Å². The van der Waals surface area contributed by atoms with E-state index < -0.39 is 0 Å². The molecule has 0 aliphatic carbocycles. The summed E-state index contributed by atoms with van der Waals surface area (Å²) in [6.07, 6.45) is 1.15. The molecule has 0 spiro atoms. The molecule has 1 nitrogen and oxygen atoms in total. The molecule has 0 saturated heterocycles. The SMILES string of the molecule is CC(C)(C)CCNc1ccsc1Cl. The Morgan fingerprint density at radius 1 is 1.46 bits per heavy atom. The zero-order chi connectivity index (χ0) is 9.90. The lowest BCUT2D eigenvalue weighted by atomic mass is 9.92. The van der Waals surface area contributed by atoms with E-state index in [4.69, 9.17) is 11.6 Å². The lowest BCUT2D eigenvalue weighted by Gasteiger charge is -2.18. The fourth-order valence-corrected chi connectivity index (χ4v) is 1.87. The molecule has 0 fully saturated rings. The predicted octanol–water partition coefficient (Wildman–Crippen LogP) is 4.25. The van der Waals surface area contributed by atoms with Gasteiger partial charge in [-0.15, -0.1) is 11.3 Å². The van der Waals surface area contributed by atoms with E-state index in [-0.39, 0.29) is 0 Å². The van der Waals surface area contributed by atoms with Crippen LogP contribution in [-0.2, 0) is 0 Å². The van der Waals surface area contributed by atoms with Crippen molar-refractivity contribution < 1.29 is 0 Å². The second-order valence-corrected chi connectivity index (χ2v) is 5.86. The van der Waals surface area contributed by atoms with Gasteiger partial charge >= 0.3 is 0 Å². The highest BCUT2D eigenvalue weighted by atomic mass is 35.5. The molecule has 0 aromatic carbocycles. The molecule has 0 bridgehead atoms. The molecule has 0 unspecified atom stereocenters. The Hall–Kier alpha value is -0.210. The van der Waals surface area contributed by atoms with Crippen LogP contribution in [0, 0.1) is 5.41 Å². The van der Waals surface area contributed by atoms with Crippen molar-refractivity contribution in [2.45, 2.75) is 27.2 Å². The van der Waals surface area contributed by atoms with Crippen molar-refractivity contribution in [2.75, 3.05) is 11.9 Å². The molecule has 74 valence electrons. The minimum absolute atomic E-state index is 0.384. The lowest BCUT2D eigenvalue weighted by Crippen LogP contribution is -2.12. The molecular weight excluding hydrogens is 202 g/mol. The topological polar surface area (TPSA) is 12.0 Å². The van der Waals surface area contributed by atoms with Crippen LogP contribution in [0.1, 0.15) is 27.2 Å². The van der Waals surface area contributed by atoms with Gasteiger partial charge in [0.05, 0.1) is 5.69 Å². The van der Waals surface area contributed by atoms with Crippen LogP contribution in [0.3, 0.4) is 0 Å². The van der Waals surface area contributed by atoms with Gasteiger partial charge in [0.25, 0.3) is 0 Å². The smallest absolute Gasteiger partial charge is 0.116 e. The number of hydrogen-bond donors (Lipinski definition) is 1. The summed E-state index contributed by atoms with van der Waals surface area (Å²) >= 11 is 7.51. The standard InChI is InChI=1S/C10H16ClNS/c1-10(2,3)5-6-12-8-4-7-13-9(8)11/h4,7,12H,5-6H2,1-3H3. The summed E-state index contributed by atoms with van der Waals surface area (Å²) in [6.45, 7) is 7.71. The minimum Gasteiger partial charge on any atom is -0.383 e. The second kappa shape index (κ2) is 4.34. The zero-order valence-corrected chi connectivity index (χ0v) is 9.93. The average molecular weight is 218 g/mol. The van der Waals surface area contributed by atoms with E-state index in [1.54, 1.807) is 11.3 Å². The summed E-state index contributed by atoms with van der Waals surface area (Å²) in [4.78, 5) is 0. The number of halogens is 1. The maximum absolute atomic E-state index is 5.95. The van der Waals surface area contributed by atoms with Crippen molar-refractivity contribution in [1.82, 2.24) is 0 Å². The molecule has 0 radical (unpaired) electrons. The van der Waals surface area contributed by atoms with Crippen molar-refractivity contribution in [2.24, 2.45) is 5.41 Å². The van der Waals surface area contributed by atoms with Crippen LogP contribution in [0.4, 0.5) is 5.69 Å². The van der Waals surface area contributed by atoms with Gasteiger partial charge in [0.2, 0.25) is 0 Å². The van der Waals surface area contributed by atoms with Crippen LogP contribution >= 0.6 is 22.9 Å². The fraction of sp³-hybridized carbons (Fsp3) is 0.600. The molecule has 0 atom stereocenters. The molecule has 0 amide bonds. The van der Waals surface area contributed by atoms with Gasteiger partial charge in [-0.3, -0.25) is 0 Å². The lowest BCUT2D eigenvalue weighted by molar-refractivity contribution is 0.390. The first-order valence-corrected chi connectivity index (χ1v) is 5.72. The summed E-state index contributed by atoms with van der Waals surface area (Å²) in [6, 6.07) is 2.02. The zero-order valence-electron chi connectivity index (χ0n) is 8.36. The molecule has 0 saturated carbocycles. The third kappa shape index (κ3) is 4.01. The van der Waals surface area contributed by atoms with Crippen LogP contribution < -0.4 is 5.32 Å². The normalized spacial score (nSPS) is 11.7. The van der Waals surface area contributed by atoms with Crippen molar-refractivity contribution in [3.63, 3.8) is 0 Å². The number of rotatable bonds is 3. The van der Waals surface area contributed by atoms with Crippen LogP contribution in [0.2, 0.25) is 4.34 Å². The molecule has 1 rings (SSSR count). The molecule has 13 heavy (non-hydrogen) atoms. The summed E-state index contributed by atoms with van der Waals surface area (Å²) in [5.41, 5.74) is 1.45. The van der Waals surface area contributed by atoms with E-state index in [2.05, 4.69) is 26.1 Å². The Morgan fingerprint density at radius 2 is 2.15 bits per heavy atom. The van der Waals surface area contributed by atoms with Crippen LogP contribution in [0.25, 0.3) is 0 Å². The molecule has 1 heterocycles. The first kappa shape index (κ1) is 10.9. The van der Waals surface area contributed by atoms with Crippen LogP contribution in [0.15, 0.2) is 11.4 Å². The molecule has 0 aliphatic rings. The highest BCUT2D eigenvalue weighted by Crippen LogP contribution is 2.28. The maximum atomic E-state index is 5.95. The van der Waals surface area contributed by atoms with E-state index in [0.717, 1.165) is 23.0 Å². The van der Waals surface area contributed by atoms with Crippen LogP contribution in [-0.4, -0.2) is 6.54 Å². The van der Waals surface area contributed by atoms with Gasteiger partial charge in [0.1, 0.15) is 4.34 Å². The first-order valence-electron chi connectivity index (χ1n) is 4.46. The molecule has 1 aromatic heterocycles. The summed E-state index contributed by atoms with van der Waals surface area (Å²) < 4.78 is 0.855. The quantitative estimate of drug-likeness (QED) is 0.798. The fourth-order valence-electron chi connectivity index (χ4n) is 0.991. The van der Waals surface area contributed by atoms with Crippen molar-refractivity contribution in [1.29, 1.82) is 0 Å². The third-order valence-corrected chi connectivity index (χ3v) is 2.98. The van der Waals surface area contributed by atoms with E-state index >= 15 is 0 Å². The Balaban J connectivity index is 2.32. The highest BCUT2D eigenvalue weighted by Gasteiger charge is 2.09. The third-order valence-electron chi connectivity index (χ3n) is 1.81. The molecule has 3 heteroatoms. The van der Waals surface area contributed by atoms with Gasteiger partial charge in [0, 0.05) is 6.54 Å². The Kier molecular flexibility index (Phi) is 3.63. The average Bonchev–Trinajstić information content (AvgIpc) is 2.34. The van der Waals surface area contributed by atoms with Crippen molar-refractivity contribution >= 4 is 28.6 Å². The minimum atomic E-state index is 0.384. The van der Waals surface area contributed by atoms with Gasteiger partial charge in [-0.25, -0.2) is 0 Å². The molecular formula is C10H16ClNS. The number of nitrogens with one attached hydrogen (secondary N) is 1. The predicted molar refractivity (Wildman–Crippen MR) is 61.9 cm³/mol. The van der Waals surface area contributed by atoms with Gasteiger partial charge in [-0.05, 0) is 23.3 Å². The van der Waals surface area contributed by atoms with E-state index in [9.17, 15) is 0 Å². The monoisotopic (exact) mass is 217 g/mol. The van der Waals surface area contributed by atoms with E-state index in [1.165, 1.54) is 0 Å². The van der Waals surface area contributed by atoms with Gasteiger partial charge in [-0.1, -0.05) is 32.4 Å². The van der Waals surface area contributed by atoms with Crippen LogP contribution in [0.5, 0.6) is 0 Å². The van der Waals surface area contributed by atoms with Gasteiger partial charge in [-0.2, -0.15) is 0 Å². The van der Waals surface area contributed by atoms with Crippen molar-refractivity contribution in [3.8, 4) is 0 Å². The Labute approximate surface area is 89.1 Å².